The molecule has 0 radical (unpaired) electrons. The molecule has 0 saturated carbocycles. The molecule has 0 fully saturated rings. The van der Waals surface area contributed by atoms with Crippen LogP contribution in [0.4, 0.5) is 0 Å². The van der Waals surface area contributed by atoms with E-state index in [2.05, 4.69) is 4.72 Å². The molecule has 0 saturated heterocycles. The third-order valence-corrected chi connectivity index (χ3v) is 1.50. The van der Waals surface area contributed by atoms with Crippen LogP contribution in [0.5, 0.6) is 0 Å². The molecular formula is C8H9NS. The van der Waals surface area contributed by atoms with E-state index in [1.165, 1.54) is 0 Å². The highest BCUT2D eigenvalue weighted by Gasteiger charge is 1.72. The van der Waals surface area contributed by atoms with Crippen molar-refractivity contribution in [1.82, 2.24) is 4.72 Å². The van der Waals surface area contributed by atoms with Gasteiger partial charge in [0.25, 0.3) is 0 Å². The lowest BCUT2D eigenvalue weighted by Crippen LogP contribution is -1.85. The number of hydrogen-bond acceptors (Lipinski definition) is 2. The van der Waals surface area contributed by atoms with Crippen molar-refractivity contribution in [2.75, 3.05) is 0 Å². The Bertz CT molecular complexity index is 167. The number of hydrogen-bond donors (Lipinski definition) is 1. The molecule has 52 valence electrons. The maximum absolute atomic E-state index is 3.02. The van der Waals surface area contributed by atoms with Gasteiger partial charge in [0.1, 0.15) is 0 Å². The zero-order chi connectivity index (χ0) is 7.07. The van der Waals surface area contributed by atoms with Crippen LogP contribution in [-0.4, -0.2) is 0 Å². The van der Waals surface area contributed by atoms with Crippen molar-refractivity contribution in [1.29, 1.82) is 0 Å². The molecule has 1 heterocycles. The number of nitrogens with one attached hydrogen (secondary N) is 1. The van der Waals surface area contributed by atoms with E-state index in [9.17, 15) is 0 Å². The van der Waals surface area contributed by atoms with Gasteiger partial charge in [0.15, 0.2) is 0 Å². The summed E-state index contributed by atoms with van der Waals surface area (Å²) in [6.45, 7) is 0. The van der Waals surface area contributed by atoms with Crippen molar-refractivity contribution >= 4 is 11.9 Å². The predicted octanol–water partition coefficient (Wildman–Crippen LogP) is 2.38. The van der Waals surface area contributed by atoms with Gasteiger partial charge in [0, 0.05) is 6.20 Å². The molecule has 0 atom stereocenters. The average Bonchev–Trinajstić information content (AvgIpc) is 2.01. The second kappa shape index (κ2) is 4.94. The predicted molar refractivity (Wildman–Crippen MR) is 47.3 cm³/mol. The molecule has 1 rings (SSSR count). The molecule has 1 nitrogen and oxygen atoms in total. The van der Waals surface area contributed by atoms with Gasteiger partial charge in [-0.15, -0.1) is 0 Å². The van der Waals surface area contributed by atoms with E-state index in [4.69, 9.17) is 0 Å². The summed E-state index contributed by atoms with van der Waals surface area (Å²) in [5, 5.41) is 1.99. The van der Waals surface area contributed by atoms with E-state index in [1.54, 1.807) is 11.9 Å². The first-order chi connectivity index (χ1) is 5.00. The lowest BCUT2D eigenvalue weighted by atomic mass is 10.4. The Kier molecular flexibility index (Phi) is 3.57. The van der Waals surface area contributed by atoms with Crippen LogP contribution in [0.1, 0.15) is 0 Å². The van der Waals surface area contributed by atoms with Crippen LogP contribution < -0.4 is 4.72 Å². The Hall–Kier alpha value is -0.890. The molecule has 1 aliphatic heterocycles. The zero-order valence-corrected chi connectivity index (χ0v) is 6.34. The monoisotopic (exact) mass is 151 g/mol. The Morgan fingerprint density at radius 3 is 2.40 bits per heavy atom. The Balaban J connectivity index is 2.53. The van der Waals surface area contributed by atoms with Gasteiger partial charge in [0.05, 0.1) is 0 Å². The Morgan fingerprint density at radius 1 is 0.800 bits per heavy atom. The highest BCUT2D eigenvalue weighted by molar-refractivity contribution is 8.00. The summed E-state index contributed by atoms with van der Waals surface area (Å²) < 4.78 is 3.02. The van der Waals surface area contributed by atoms with Crippen LogP contribution in [0.3, 0.4) is 0 Å². The van der Waals surface area contributed by atoms with Gasteiger partial charge in [-0.05, 0) is 23.4 Å². The zero-order valence-electron chi connectivity index (χ0n) is 5.53. The second-order valence-corrected chi connectivity index (χ2v) is 2.44. The fourth-order valence-electron chi connectivity index (χ4n) is 0.515. The first-order valence-corrected chi connectivity index (χ1v) is 3.94. The molecule has 0 aliphatic carbocycles. The largest absolute Gasteiger partial charge is 0.333 e. The van der Waals surface area contributed by atoms with Crippen molar-refractivity contribution in [3.05, 3.63) is 48.1 Å². The van der Waals surface area contributed by atoms with E-state index < -0.39 is 0 Å². The van der Waals surface area contributed by atoms with E-state index in [-0.39, 0.29) is 0 Å². The normalized spacial score (nSPS) is 29.6. The fraction of sp³-hybridized carbons (Fsp3) is 0. The van der Waals surface area contributed by atoms with E-state index >= 15 is 0 Å². The average molecular weight is 151 g/mol. The Morgan fingerprint density at radius 2 is 1.50 bits per heavy atom. The summed E-state index contributed by atoms with van der Waals surface area (Å²) in [7, 11) is 0. The summed E-state index contributed by atoms with van der Waals surface area (Å²) in [4.78, 5) is 0. The topological polar surface area (TPSA) is 12.0 Å². The van der Waals surface area contributed by atoms with Crippen LogP contribution in [0.25, 0.3) is 0 Å². The van der Waals surface area contributed by atoms with Gasteiger partial charge in [-0.1, -0.05) is 30.4 Å². The molecule has 0 bridgehead atoms. The third kappa shape index (κ3) is 3.20. The lowest BCUT2D eigenvalue weighted by Gasteiger charge is -1.90. The molecule has 0 aromatic carbocycles. The van der Waals surface area contributed by atoms with Gasteiger partial charge in [-0.2, -0.15) is 0 Å². The summed E-state index contributed by atoms with van der Waals surface area (Å²) in [5.41, 5.74) is 0. The quantitative estimate of drug-likeness (QED) is 0.533. The minimum absolute atomic E-state index is 1.55. The standard InChI is InChI=1S/C8H9NS/c1-2-4-6-8-10-9-7-5-3-1/h1-9H/b3-1-,4-2-,7-5-,8-6-. The number of allylic oxidation sites excluding steroid dienone is 6. The summed E-state index contributed by atoms with van der Waals surface area (Å²) in [6, 6.07) is 0. The first-order valence-electron chi connectivity index (χ1n) is 3.06. The van der Waals surface area contributed by atoms with Gasteiger partial charge < -0.3 is 4.72 Å². The van der Waals surface area contributed by atoms with Crippen molar-refractivity contribution in [3.63, 3.8) is 0 Å². The molecule has 1 N–H and O–H groups in total. The summed E-state index contributed by atoms with van der Waals surface area (Å²) >= 11 is 1.55. The highest BCUT2D eigenvalue weighted by Crippen LogP contribution is 1.96. The van der Waals surface area contributed by atoms with E-state index in [0.29, 0.717) is 0 Å². The van der Waals surface area contributed by atoms with E-state index in [0.717, 1.165) is 0 Å². The SMILES string of the molecule is C1=C\C=C/NS/C=C\C=C/1. The van der Waals surface area contributed by atoms with Gasteiger partial charge in [0.2, 0.25) is 0 Å². The molecule has 0 aromatic heterocycles. The van der Waals surface area contributed by atoms with Crippen LogP contribution in [0.2, 0.25) is 0 Å². The van der Waals surface area contributed by atoms with Crippen molar-refractivity contribution in [3.8, 4) is 0 Å². The van der Waals surface area contributed by atoms with E-state index in [1.807, 2.05) is 48.1 Å². The molecule has 0 spiro atoms. The fourth-order valence-corrected chi connectivity index (χ4v) is 0.920. The van der Waals surface area contributed by atoms with Crippen LogP contribution >= 0.6 is 11.9 Å². The highest BCUT2D eigenvalue weighted by atomic mass is 32.2. The first kappa shape index (κ1) is 7.22. The smallest absolute Gasteiger partial charge is 0.00754 e. The lowest BCUT2D eigenvalue weighted by molar-refractivity contribution is 1.43. The Labute approximate surface area is 65.3 Å². The summed E-state index contributed by atoms with van der Waals surface area (Å²) in [5.74, 6) is 0. The van der Waals surface area contributed by atoms with Crippen molar-refractivity contribution in [2.24, 2.45) is 0 Å². The van der Waals surface area contributed by atoms with Crippen molar-refractivity contribution < 1.29 is 0 Å². The molecule has 1 aliphatic rings. The molecule has 0 aromatic rings. The third-order valence-electron chi connectivity index (χ3n) is 0.934. The maximum atomic E-state index is 3.02. The van der Waals surface area contributed by atoms with Crippen LogP contribution in [0, 0.1) is 0 Å². The van der Waals surface area contributed by atoms with Crippen LogP contribution in [0.15, 0.2) is 48.1 Å². The molecular weight excluding hydrogens is 142 g/mol. The maximum Gasteiger partial charge on any atom is 0.00754 e. The molecule has 2 heteroatoms. The number of rotatable bonds is 0. The van der Waals surface area contributed by atoms with Crippen LogP contribution in [-0.2, 0) is 0 Å². The molecule has 10 heavy (non-hydrogen) atoms. The molecule has 0 unspecified atom stereocenters. The van der Waals surface area contributed by atoms with Gasteiger partial charge in [-0.3, -0.25) is 0 Å². The summed E-state index contributed by atoms with van der Waals surface area (Å²) in [6.07, 6.45) is 13.8. The van der Waals surface area contributed by atoms with Crippen molar-refractivity contribution in [2.45, 2.75) is 0 Å². The van der Waals surface area contributed by atoms with Gasteiger partial charge >= 0.3 is 0 Å². The van der Waals surface area contributed by atoms with Gasteiger partial charge in [-0.25, -0.2) is 0 Å². The second-order valence-electron chi connectivity index (χ2n) is 1.69. The minimum atomic E-state index is 1.55. The minimum Gasteiger partial charge on any atom is -0.333 e. The molecule has 0 amide bonds.